The molecule has 3 heteroatoms. The van der Waals surface area contributed by atoms with Crippen LogP contribution < -0.4 is 0 Å². The van der Waals surface area contributed by atoms with Crippen LogP contribution in [-0.4, -0.2) is 16.6 Å². The average Bonchev–Trinajstić information content (AvgIpc) is 2.31. The fraction of sp³-hybridized carbons (Fsp3) is 0.571. The normalized spacial score (nSPS) is 10.2. The fourth-order valence-electron chi connectivity index (χ4n) is 0.731. The van der Waals surface area contributed by atoms with Crippen molar-refractivity contribution in [2.24, 2.45) is 0 Å². The molecule has 0 radical (unpaired) electrons. The van der Waals surface area contributed by atoms with Gasteiger partial charge in [-0.05, 0) is 13.8 Å². The van der Waals surface area contributed by atoms with Crippen LogP contribution in [0.3, 0.4) is 0 Å². The lowest BCUT2D eigenvalue weighted by Gasteiger charge is -1.96. The van der Waals surface area contributed by atoms with Crippen LogP contribution in [0.25, 0.3) is 0 Å². The van der Waals surface area contributed by atoms with Crippen molar-refractivity contribution in [1.82, 2.24) is 9.97 Å². The topological polar surface area (TPSA) is 37.9 Å². The van der Waals surface area contributed by atoms with Crippen LogP contribution in [0.1, 0.15) is 18.3 Å². The first kappa shape index (κ1) is 7.28. The Bertz CT molecular complexity index is 195. The van der Waals surface area contributed by atoms with Crippen LogP contribution >= 0.6 is 0 Å². The summed E-state index contributed by atoms with van der Waals surface area (Å²) < 4.78 is 5.18. The number of rotatable bonds is 3. The minimum Gasteiger partial charge on any atom is -0.375 e. The maximum Gasteiger partial charge on any atom is 0.0926 e. The van der Waals surface area contributed by atoms with Gasteiger partial charge in [0, 0.05) is 12.3 Å². The Hall–Kier alpha value is -0.830. The summed E-state index contributed by atoms with van der Waals surface area (Å²) in [6, 6.07) is 0. The van der Waals surface area contributed by atoms with Crippen molar-refractivity contribution in [1.29, 1.82) is 0 Å². The van der Waals surface area contributed by atoms with Gasteiger partial charge in [-0.3, -0.25) is 0 Å². The minimum absolute atomic E-state index is 0.617. The number of nitrogens with one attached hydrogen (secondary N) is 1. The molecule has 0 fully saturated rings. The molecule has 0 saturated carbocycles. The summed E-state index contributed by atoms with van der Waals surface area (Å²) in [5.41, 5.74) is 2.09. The monoisotopic (exact) mass is 140 g/mol. The van der Waals surface area contributed by atoms with Crippen molar-refractivity contribution in [3.05, 3.63) is 17.7 Å². The summed E-state index contributed by atoms with van der Waals surface area (Å²) in [6.45, 7) is 5.32. The lowest BCUT2D eigenvalue weighted by Crippen LogP contribution is -1.93. The van der Waals surface area contributed by atoms with E-state index < -0.39 is 0 Å². The molecular weight excluding hydrogens is 128 g/mol. The van der Waals surface area contributed by atoms with Crippen LogP contribution in [0, 0.1) is 6.92 Å². The summed E-state index contributed by atoms with van der Waals surface area (Å²) in [7, 11) is 0. The molecule has 0 saturated heterocycles. The summed E-state index contributed by atoms with van der Waals surface area (Å²) in [5, 5.41) is 0. The first-order valence-corrected chi connectivity index (χ1v) is 3.41. The number of aromatic amines is 1. The summed E-state index contributed by atoms with van der Waals surface area (Å²) in [6.07, 6.45) is 1.68. The highest BCUT2D eigenvalue weighted by Gasteiger charge is 1.97. The summed E-state index contributed by atoms with van der Waals surface area (Å²) >= 11 is 0. The van der Waals surface area contributed by atoms with E-state index in [0.717, 1.165) is 18.0 Å². The van der Waals surface area contributed by atoms with Gasteiger partial charge in [-0.15, -0.1) is 0 Å². The standard InChI is InChI=1S/C7H12N2O/c1-3-10-4-7-6(2)8-5-9-7/h5H,3-4H2,1-2H3,(H,8,9). The van der Waals surface area contributed by atoms with Crippen molar-refractivity contribution in [2.45, 2.75) is 20.5 Å². The highest BCUT2D eigenvalue weighted by molar-refractivity contribution is 5.06. The Morgan fingerprint density at radius 2 is 2.50 bits per heavy atom. The second kappa shape index (κ2) is 3.37. The summed E-state index contributed by atoms with van der Waals surface area (Å²) in [5.74, 6) is 0. The van der Waals surface area contributed by atoms with Gasteiger partial charge in [0.1, 0.15) is 0 Å². The minimum atomic E-state index is 0.617. The third-order valence-electron chi connectivity index (χ3n) is 1.38. The van der Waals surface area contributed by atoms with Gasteiger partial charge in [-0.2, -0.15) is 0 Å². The van der Waals surface area contributed by atoms with E-state index in [4.69, 9.17) is 4.74 Å². The molecule has 0 aliphatic heterocycles. The molecule has 56 valence electrons. The molecule has 0 spiro atoms. The zero-order valence-corrected chi connectivity index (χ0v) is 6.35. The Morgan fingerprint density at radius 1 is 1.70 bits per heavy atom. The Balaban J connectivity index is 2.49. The number of nitrogens with zero attached hydrogens (tertiary/aromatic N) is 1. The molecule has 1 N–H and O–H groups in total. The van der Waals surface area contributed by atoms with Crippen molar-refractivity contribution < 1.29 is 4.74 Å². The first-order valence-electron chi connectivity index (χ1n) is 3.41. The molecule has 0 amide bonds. The predicted octanol–water partition coefficient (Wildman–Crippen LogP) is 1.25. The van der Waals surface area contributed by atoms with Crippen molar-refractivity contribution in [2.75, 3.05) is 6.61 Å². The highest BCUT2D eigenvalue weighted by atomic mass is 16.5. The SMILES string of the molecule is CCOCc1nc[nH]c1C. The fourth-order valence-corrected chi connectivity index (χ4v) is 0.731. The van der Waals surface area contributed by atoms with Crippen LogP contribution in [0.5, 0.6) is 0 Å². The predicted molar refractivity (Wildman–Crippen MR) is 38.7 cm³/mol. The molecule has 1 rings (SSSR count). The molecule has 0 unspecified atom stereocenters. The Labute approximate surface area is 60.4 Å². The smallest absolute Gasteiger partial charge is 0.0926 e. The third kappa shape index (κ3) is 1.57. The quantitative estimate of drug-likeness (QED) is 0.686. The summed E-state index contributed by atoms with van der Waals surface area (Å²) in [4.78, 5) is 7.06. The van der Waals surface area contributed by atoms with E-state index >= 15 is 0 Å². The number of imidazole rings is 1. The number of aryl methyl sites for hydroxylation is 1. The van der Waals surface area contributed by atoms with Crippen molar-refractivity contribution >= 4 is 0 Å². The van der Waals surface area contributed by atoms with E-state index in [2.05, 4.69) is 9.97 Å². The van der Waals surface area contributed by atoms with E-state index in [1.165, 1.54) is 0 Å². The molecule has 1 aromatic heterocycles. The van der Waals surface area contributed by atoms with Gasteiger partial charge < -0.3 is 9.72 Å². The van der Waals surface area contributed by atoms with Gasteiger partial charge in [-0.25, -0.2) is 4.98 Å². The van der Waals surface area contributed by atoms with Crippen LogP contribution in [-0.2, 0) is 11.3 Å². The van der Waals surface area contributed by atoms with Gasteiger partial charge >= 0.3 is 0 Å². The Kier molecular flexibility index (Phi) is 2.45. The Morgan fingerprint density at radius 3 is 3.00 bits per heavy atom. The number of ether oxygens (including phenoxy) is 1. The third-order valence-corrected chi connectivity index (χ3v) is 1.38. The van der Waals surface area contributed by atoms with Crippen LogP contribution in [0.2, 0.25) is 0 Å². The number of hydrogen-bond acceptors (Lipinski definition) is 2. The van der Waals surface area contributed by atoms with Crippen molar-refractivity contribution in [3.63, 3.8) is 0 Å². The van der Waals surface area contributed by atoms with Gasteiger partial charge in [0.2, 0.25) is 0 Å². The van der Waals surface area contributed by atoms with Crippen LogP contribution in [0.4, 0.5) is 0 Å². The molecule has 1 heterocycles. The zero-order valence-electron chi connectivity index (χ0n) is 6.35. The average molecular weight is 140 g/mol. The van der Waals surface area contributed by atoms with E-state index in [1.807, 2.05) is 13.8 Å². The molecule has 3 nitrogen and oxygen atoms in total. The molecule has 0 aliphatic carbocycles. The molecule has 0 aliphatic rings. The number of H-pyrrole nitrogens is 1. The maximum absolute atomic E-state index is 5.18. The van der Waals surface area contributed by atoms with Gasteiger partial charge in [0.25, 0.3) is 0 Å². The van der Waals surface area contributed by atoms with Crippen LogP contribution in [0.15, 0.2) is 6.33 Å². The number of hydrogen-bond donors (Lipinski definition) is 1. The largest absolute Gasteiger partial charge is 0.375 e. The van der Waals surface area contributed by atoms with Gasteiger partial charge in [0.05, 0.1) is 18.6 Å². The molecule has 1 aromatic rings. The maximum atomic E-state index is 5.18. The highest BCUT2D eigenvalue weighted by Crippen LogP contribution is 2.01. The molecule has 10 heavy (non-hydrogen) atoms. The lowest BCUT2D eigenvalue weighted by atomic mass is 10.4. The molecule has 0 atom stereocenters. The second-order valence-electron chi connectivity index (χ2n) is 2.11. The van der Waals surface area contributed by atoms with Crippen molar-refractivity contribution in [3.8, 4) is 0 Å². The molecule has 0 aromatic carbocycles. The van der Waals surface area contributed by atoms with Gasteiger partial charge in [-0.1, -0.05) is 0 Å². The van der Waals surface area contributed by atoms with Gasteiger partial charge in [0.15, 0.2) is 0 Å². The molecular formula is C7H12N2O. The van der Waals surface area contributed by atoms with E-state index in [-0.39, 0.29) is 0 Å². The second-order valence-corrected chi connectivity index (χ2v) is 2.11. The molecule has 0 bridgehead atoms. The van der Waals surface area contributed by atoms with E-state index in [9.17, 15) is 0 Å². The number of aromatic nitrogens is 2. The van der Waals surface area contributed by atoms with E-state index in [1.54, 1.807) is 6.33 Å². The zero-order chi connectivity index (χ0) is 7.40. The van der Waals surface area contributed by atoms with E-state index in [0.29, 0.717) is 6.61 Å². The first-order chi connectivity index (χ1) is 4.84. The lowest BCUT2D eigenvalue weighted by molar-refractivity contribution is 0.131.